The van der Waals surface area contributed by atoms with Crippen molar-refractivity contribution in [2.24, 2.45) is 0 Å². The largest absolute Gasteiger partial charge is 0.477 e. The van der Waals surface area contributed by atoms with Crippen molar-refractivity contribution in [2.75, 3.05) is 49.9 Å². The fourth-order valence-corrected chi connectivity index (χ4v) is 4.83. The number of aromatic carboxylic acids is 1. The molecule has 0 amide bonds. The van der Waals surface area contributed by atoms with Gasteiger partial charge in [0.15, 0.2) is 18.3 Å². The van der Waals surface area contributed by atoms with Crippen LogP contribution < -0.4 is 20.1 Å². The number of ether oxygens (including phenoxy) is 1. The van der Waals surface area contributed by atoms with Crippen molar-refractivity contribution >= 4 is 22.6 Å². The van der Waals surface area contributed by atoms with E-state index in [1.807, 2.05) is 4.90 Å². The third-order valence-corrected chi connectivity index (χ3v) is 6.30. The predicted molar refractivity (Wildman–Crippen MR) is 106 cm³/mol. The van der Waals surface area contributed by atoms with E-state index in [1.54, 1.807) is 16.7 Å². The van der Waals surface area contributed by atoms with Crippen LogP contribution in [0.4, 0.5) is 10.1 Å². The summed E-state index contributed by atoms with van der Waals surface area (Å²) in [6.07, 6.45) is 4.78. The number of piperidine rings is 1. The summed E-state index contributed by atoms with van der Waals surface area (Å²) in [5, 5.41) is 11.1. The fourth-order valence-electron chi connectivity index (χ4n) is 4.83. The summed E-state index contributed by atoms with van der Waals surface area (Å²) < 4.78 is 22.8. The number of piperazine rings is 1. The van der Waals surface area contributed by atoms with Crippen LogP contribution >= 0.6 is 0 Å². The lowest BCUT2D eigenvalue weighted by Gasteiger charge is -2.45. The summed E-state index contributed by atoms with van der Waals surface area (Å²) >= 11 is 0. The van der Waals surface area contributed by atoms with Crippen LogP contribution in [0, 0.1) is 5.82 Å². The molecule has 2 saturated heterocycles. The van der Waals surface area contributed by atoms with Gasteiger partial charge in [-0.1, -0.05) is 6.42 Å². The van der Waals surface area contributed by atoms with E-state index in [-0.39, 0.29) is 17.7 Å². The Morgan fingerprint density at radius 1 is 1.28 bits per heavy atom. The number of aromatic nitrogens is 1. The number of anilines is 1. The Bertz CT molecular complexity index is 1070. The first-order valence-corrected chi connectivity index (χ1v) is 9.94. The molecule has 1 aromatic carbocycles. The number of nitrogens with zero attached hydrogens (tertiary/aromatic N) is 4. The molecule has 2 aromatic rings. The highest BCUT2D eigenvalue weighted by Gasteiger charge is 2.34. The van der Waals surface area contributed by atoms with Crippen molar-refractivity contribution in [1.82, 2.24) is 9.58 Å². The molecular weight excluding hydrogens is 379 g/mol. The lowest BCUT2D eigenvalue weighted by Crippen LogP contribution is -2.55. The van der Waals surface area contributed by atoms with Gasteiger partial charge in [-0.3, -0.25) is 19.4 Å². The molecule has 0 aliphatic carbocycles. The van der Waals surface area contributed by atoms with E-state index in [9.17, 15) is 14.7 Å². The Morgan fingerprint density at radius 2 is 2.10 bits per heavy atom. The van der Waals surface area contributed by atoms with E-state index in [0.29, 0.717) is 36.1 Å². The molecule has 0 bridgehead atoms. The minimum absolute atomic E-state index is 0.0176. The van der Waals surface area contributed by atoms with E-state index < -0.39 is 17.2 Å². The fraction of sp³-hybridized carbons (Fsp3) is 0.500. The molecule has 9 heteroatoms. The Hall–Kier alpha value is -2.81. The number of hydrogen-bond acceptors (Lipinski definition) is 6. The smallest absolute Gasteiger partial charge is 0.341 e. The van der Waals surface area contributed by atoms with Crippen molar-refractivity contribution in [3.05, 3.63) is 33.9 Å². The van der Waals surface area contributed by atoms with Gasteiger partial charge in [-0.25, -0.2) is 9.18 Å². The third kappa shape index (κ3) is 2.75. The van der Waals surface area contributed by atoms with Crippen LogP contribution in [0.1, 0.15) is 29.6 Å². The van der Waals surface area contributed by atoms with Gasteiger partial charge >= 0.3 is 5.97 Å². The molecule has 29 heavy (non-hydrogen) atoms. The minimum atomic E-state index is -1.33. The normalized spacial score (nSPS) is 21.8. The number of halogens is 1. The van der Waals surface area contributed by atoms with Gasteiger partial charge in [-0.2, -0.15) is 0 Å². The number of carbonyl (C=O) groups is 1. The summed E-state index contributed by atoms with van der Waals surface area (Å²) in [6.45, 7) is 3.48. The van der Waals surface area contributed by atoms with E-state index in [1.165, 1.54) is 19.0 Å². The minimum Gasteiger partial charge on any atom is -0.477 e. The van der Waals surface area contributed by atoms with E-state index in [2.05, 4.69) is 4.90 Å². The van der Waals surface area contributed by atoms with E-state index in [0.717, 1.165) is 25.6 Å². The van der Waals surface area contributed by atoms with Crippen molar-refractivity contribution in [1.29, 1.82) is 0 Å². The highest BCUT2D eigenvalue weighted by molar-refractivity contribution is 5.97. The highest BCUT2D eigenvalue weighted by Crippen LogP contribution is 2.41. The van der Waals surface area contributed by atoms with Gasteiger partial charge in [0.2, 0.25) is 5.43 Å². The average molecular weight is 402 g/mol. The Labute approximate surface area is 166 Å². The first-order valence-electron chi connectivity index (χ1n) is 9.94. The summed E-state index contributed by atoms with van der Waals surface area (Å²) in [7, 11) is 1.72. The molecule has 0 unspecified atom stereocenters. The second-order valence-corrected chi connectivity index (χ2v) is 8.02. The molecule has 154 valence electrons. The number of fused-ring (bicyclic) bond motifs is 1. The number of carboxylic acid groups (broad SMARTS) is 1. The standard InChI is InChI=1S/C20H23FN4O4/c1-22-11-29-19-16-13(18(26)14(20(27)28)10-25(16)22)8-15(21)17(19)24-7-6-23-5-3-2-4-12(23)9-24/h8,10,12H,2-7,9,11H2,1H3,(H,27,28)/t12-/m0/s1. The van der Waals surface area contributed by atoms with Crippen LogP contribution in [-0.4, -0.2) is 66.7 Å². The summed E-state index contributed by atoms with van der Waals surface area (Å²) in [6, 6.07) is 1.55. The van der Waals surface area contributed by atoms with Gasteiger partial charge in [0.05, 0.1) is 5.39 Å². The van der Waals surface area contributed by atoms with Gasteiger partial charge in [0.1, 0.15) is 16.8 Å². The Kier molecular flexibility index (Phi) is 4.16. The molecule has 1 atom stereocenters. The quantitative estimate of drug-likeness (QED) is 0.814. The van der Waals surface area contributed by atoms with Crippen LogP contribution in [0.3, 0.4) is 0 Å². The maximum absolute atomic E-state index is 15.3. The molecule has 0 spiro atoms. The molecule has 8 nitrogen and oxygen atoms in total. The van der Waals surface area contributed by atoms with Gasteiger partial charge in [-0.15, -0.1) is 0 Å². The zero-order valence-electron chi connectivity index (χ0n) is 16.2. The first-order chi connectivity index (χ1) is 14.0. The number of hydrogen-bond donors (Lipinski definition) is 1. The van der Waals surface area contributed by atoms with Gasteiger partial charge < -0.3 is 14.7 Å². The van der Waals surface area contributed by atoms with Gasteiger partial charge in [-0.05, 0) is 25.5 Å². The molecule has 5 rings (SSSR count). The monoisotopic (exact) mass is 402 g/mol. The van der Waals surface area contributed by atoms with Crippen molar-refractivity contribution in [3.63, 3.8) is 0 Å². The average Bonchev–Trinajstić information content (AvgIpc) is 2.71. The first kappa shape index (κ1) is 18.2. The number of benzene rings is 1. The van der Waals surface area contributed by atoms with E-state index >= 15 is 4.39 Å². The van der Waals surface area contributed by atoms with Crippen LogP contribution in [0.25, 0.3) is 10.9 Å². The number of carboxylic acids is 1. The molecule has 3 aliphatic rings. The Balaban J connectivity index is 1.68. The second kappa shape index (κ2) is 6.62. The SMILES string of the molecule is CN1COc2c(N3CCN4CCCC[C@H]4C3)c(F)cc3c(=O)c(C(=O)O)cn1c23. The zero-order valence-corrected chi connectivity index (χ0v) is 16.2. The second-order valence-electron chi connectivity index (χ2n) is 8.02. The molecule has 4 heterocycles. The third-order valence-electron chi connectivity index (χ3n) is 6.30. The maximum Gasteiger partial charge on any atom is 0.341 e. The van der Waals surface area contributed by atoms with Crippen LogP contribution in [-0.2, 0) is 0 Å². The number of rotatable bonds is 2. The zero-order chi connectivity index (χ0) is 20.3. The van der Waals surface area contributed by atoms with Gasteiger partial charge in [0, 0.05) is 38.9 Å². The molecule has 0 radical (unpaired) electrons. The molecule has 3 aliphatic heterocycles. The van der Waals surface area contributed by atoms with Crippen molar-refractivity contribution < 1.29 is 19.0 Å². The Morgan fingerprint density at radius 3 is 2.90 bits per heavy atom. The van der Waals surface area contributed by atoms with Crippen LogP contribution in [0.5, 0.6) is 5.75 Å². The summed E-state index contributed by atoms with van der Waals surface area (Å²) in [5.74, 6) is -1.57. The summed E-state index contributed by atoms with van der Waals surface area (Å²) in [4.78, 5) is 28.7. The molecule has 1 aromatic heterocycles. The highest BCUT2D eigenvalue weighted by atomic mass is 19.1. The van der Waals surface area contributed by atoms with Crippen LogP contribution in [0.2, 0.25) is 0 Å². The van der Waals surface area contributed by atoms with Crippen molar-refractivity contribution in [3.8, 4) is 5.75 Å². The molecule has 0 saturated carbocycles. The summed E-state index contributed by atoms with van der Waals surface area (Å²) in [5.41, 5.74) is -0.310. The maximum atomic E-state index is 15.3. The molecule has 2 fully saturated rings. The van der Waals surface area contributed by atoms with Gasteiger partial charge in [0.25, 0.3) is 0 Å². The van der Waals surface area contributed by atoms with Crippen molar-refractivity contribution in [2.45, 2.75) is 25.3 Å². The van der Waals surface area contributed by atoms with Crippen LogP contribution in [0.15, 0.2) is 17.1 Å². The molecular formula is C20H23FN4O4. The predicted octanol–water partition coefficient (Wildman–Crippen LogP) is 1.43. The van der Waals surface area contributed by atoms with E-state index in [4.69, 9.17) is 4.74 Å². The lowest BCUT2D eigenvalue weighted by molar-refractivity contribution is 0.0694. The topological polar surface area (TPSA) is 78.2 Å². The molecule has 1 N–H and O–H groups in total. The lowest BCUT2D eigenvalue weighted by atomic mass is 9.98. The number of pyridine rings is 1.